The molecule has 9 heteroatoms. The largest absolute Gasteiger partial charge is 0.395 e. The first-order valence-electron chi connectivity index (χ1n) is 7.26. The summed E-state index contributed by atoms with van der Waals surface area (Å²) < 4.78 is 36.6. The number of carbonyl (C=O) groups excluding carboxylic acids is 1. The molecule has 1 fully saturated rings. The highest BCUT2D eigenvalue weighted by atomic mass is 19.4. The van der Waals surface area contributed by atoms with Crippen molar-refractivity contribution in [2.45, 2.75) is 56.7 Å². The van der Waals surface area contributed by atoms with Gasteiger partial charge in [0.1, 0.15) is 6.10 Å². The van der Waals surface area contributed by atoms with Crippen LogP contribution in [0, 0.1) is 0 Å². The quantitative estimate of drug-likeness (QED) is 0.533. The number of aliphatic hydroxyl groups excluding tert-OH is 3. The molecule has 1 rings (SSSR count). The van der Waals surface area contributed by atoms with Crippen LogP contribution in [-0.4, -0.2) is 76.3 Å². The van der Waals surface area contributed by atoms with Crippen LogP contribution < -0.4 is 5.32 Å². The average Bonchev–Trinajstić information content (AvgIpc) is 2.43. The number of hydrogen-bond donors (Lipinski definition) is 4. The minimum absolute atomic E-state index is 0.00696. The smallest absolute Gasteiger partial charge is 0.389 e. The van der Waals surface area contributed by atoms with Crippen molar-refractivity contribution in [3.63, 3.8) is 0 Å². The van der Waals surface area contributed by atoms with Crippen LogP contribution in [0.3, 0.4) is 0 Å². The van der Waals surface area contributed by atoms with Crippen LogP contribution in [0.4, 0.5) is 13.2 Å². The van der Waals surface area contributed by atoms with Gasteiger partial charge in [-0.2, -0.15) is 13.2 Å². The monoisotopic (exact) mass is 328 g/mol. The zero-order valence-corrected chi connectivity index (χ0v) is 12.4. The van der Waals surface area contributed by atoms with E-state index < -0.39 is 43.5 Å². The molecule has 130 valence electrons. The van der Waals surface area contributed by atoms with E-state index in [9.17, 15) is 33.3 Å². The van der Waals surface area contributed by atoms with Crippen LogP contribution in [0.1, 0.15) is 26.2 Å². The number of alkyl halides is 3. The van der Waals surface area contributed by atoms with Gasteiger partial charge in [-0.3, -0.25) is 9.69 Å². The van der Waals surface area contributed by atoms with Crippen molar-refractivity contribution in [3.05, 3.63) is 0 Å². The molecular weight excluding hydrogens is 305 g/mol. The maximum atomic E-state index is 12.2. The van der Waals surface area contributed by atoms with Crippen molar-refractivity contribution in [2.24, 2.45) is 0 Å². The lowest BCUT2D eigenvalue weighted by Crippen LogP contribution is -2.66. The molecule has 0 spiro atoms. The maximum Gasteiger partial charge on any atom is 0.389 e. The van der Waals surface area contributed by atoms with E-state index in [2.05, 4.69) is 5.32 Å². The molecule has 1 aliphatic heterocycles. The summed E-state index contributed by atoms with van der Waals surface area (Å²) in [6.45, 7) is 1.22. The van der Waals surface area contributed by atoms with Crippen LogP contribution in [0.25, 0.3) is 0 Å². The first-order valence-corrected chi connectivity index (χ1v) is 7.26. The molecule has 0 aliphatic carbocycles. The second kappa shape index (κ2) is 8.09. The number of carbonyl (C=O) groups is 1. The second-order valence-electron chi connectivity index (χ2n) is 5.47. The summed E-state index contributed by atoms with van der Waals surface area (Å²) in [5.74, 6) is -0.325. The van der Waals surface area contributed by atoms with Gasteiger partial charge in [0.05, 0.1) is 24.8 Å². The van der Waals surface area contributed by atoms with E-state index in [1.807, 2.05) is 0 Å². The topological polar surface area (TPSA) is 93.0 Å². The Morgan fingerprint density at radius 1 is 1.32 bits per heavy atom. The van der Waals surface area contributed by atoms with Gasteiger partial charge in [-0.1, -0.05) is 6.92 Å². The Bertz CT molecular complexity index is 368. The number of likely N-dealkylation sites (tertiary alicyclic amines) is 1. The summed E-state index contributed by atoms with van der Waals surface area (Å²) >= 11 is 0. The summed E-state index contributed by atoms with van der Waals surface area (Å²) in [6.07, 6.45) is -7.84. The van der Waals surface area contributed by atoms with Gasteiger partial charge in [0.15, 0.2) is 0 Å². The standard InChI is InChI=1S/C13H23F3N2O4/c1-2-10(20)17-8-6-18(5-3-4-13(14,15)16)9(7-19)12(22)11(8)21/h8-9,11-12,19,21-22H,2-7H2,1H3,(H,17,20). The van der Waals surface area contributed by atoms with E-state index in [0.29, 0.717) is 0 Å². The van der Waals surface area contributed by atoms with E-state index in [0.717, 1.165) is 0 Å². The lowest BCUT2D eigenvalue weighted by Gasteiger charge is -2.45. The first kappa shape index (κ1) is 19.1. The van der Waals surface area contributed by atoms with Crippen LogP contribution in [0.2, 0.25) is 0 Å². The van der Waals surface area contributed by atoms with Gasteiger partial charge in [0, 0.05) is 19.4 Å². The Morgan fingerprint density at radius 2 is 1.95 bits per heavy atom. The van der Waals surface area contributed by atoms with Crippen LogP contribution >= 0.6 is 0 Å². The van der Waals surface area contributed by atoms with Crippen LogP contribution in [-0.2, 0) is 4.79 Å². The van der Waals surface area contributed by atoms with Gasteiger partial charge < -0.3 is 20.6 Å². The highest BCUT2D eigenvalue weighted by molar-refractivity contribution is 5.75. The summed E-state index contributed by atoms with van der Waals surface area (Å²) in [6, 6.07) is -1.63. The Morgan fingerprint density at radius 3 is 2.45 bits per heavy atom. The lowest BCUT2D eigenvalue weighted by molar-refractivity contribution is -0.141. The van der Waals surface area contributed by atoms with Gasteiger partial charge in [-0.15, -0.1) is 0 Å². The lowest BCUT2D eigenvalue weighted by atomic mass is 9.92. The Hall–Kier alpha value is -0.900. The third-order valence-electron chi connectivity index (χ3n) is 3.82. The zero-order valence-electron chi connectivity index (χ0n) is 12.4. The van der Waals surface area contributed by atoms with Gasteiger partial charge in [-0.25, -0.2) is 0 Å². The van der Waals surface area contributed by atoms with Gasteiger partial charge in [0.25, 0.3) is 0 Å². The molecule has 22 heavy (non-hydrogen) atoms. The average molecular weight is 328 g/mol. The SMILES string of the molecule is CCC(=O)NC1CN(CCCC(F)(F)F)C(CO)C(O)C1O. The molecule has 4 atom stereocenters. The predicted octanol–water partition coefficient (Wildman–Crippen LogP) is -0.378. The molecule has 6 nitrogen and oxygen atoms in total. The van der Waals surface area contributed by atoms with Gasteiger partial charge >= 0.3 is 6.18 Å². The molecular formula is C13H23F3N2O4. The van der Waals surface area contributed by atoms with E-state index in [1.54, 1.807) is 6.92 Å². The number of nitrogens with one attached hydrogen (secondary N) is 1. The number of piperidine rings is 1. The van der Waals surface area contributed by atoms with E-state index in [4.69, 9.17) is 0 Å². The highest BCUT2D eigenvalue weighted by Gasteiger charge is 2.42. The molecule has 0 radical (unpaired) electrons. The van der Waals surface area contributed by atoms with Crippen molar-refractivity contribution in [3.8, 4) is 0 Å². The van der Waals surface area contributed by atoms with Crippen LogP contribution in [0.15, 0.2) is 0 Å². The van der Waals surface area contributed by atoms with E-state index >= 15 is 0 Å². The molecule has 1 saturated heterocycles. The molecule has 0 saturated carbocycles. The number of aliphatic hydroxyl groups is 3. The second-order valence-corrected chi connectivity index (χ2v) is 5.47. The fourth-order valence-electron chi connectivity index (χ4n) is 2.58. The molecule has 0 bridgehead atoms. The predicted molar refractivity (Wildman–Crippen MR) is 72.0 cm³/mol. The molecule has 1 amide bonds. The van der Waals surface area contributed by atoms with Gasteiger partial charge in [0.2, 0.25) is 5.91 Å². The van der Waals surface area contributed by atoms with Crippen molar-refractivity contribution >= 4 is 5.91 Å². The Balaban J connectivity index is 2.68. The minimum atomic E-state index is -4.27. The van der Waals surface area contributed by atoms with E-state index in [1.165, 1.54) is 4.90 Å². The Kier molecular flexibility index (Phi) is 7.04. The third kappa shape index (κ3) is 5.38. The molecule has 0 aromatic rings. The molecule has 4 N–H and O–H groups in total. The molecule has 1 aliphatic rings. The summed E-state index contributed by atoms with van der Waals surface area (Å²) in [5, 5.41) is 31.8. The summed E-state index contributed by atoms with van der Waals surface area (Å²) in [4.78, 5) is 12.9. The number of hydrogen-bond acceptors (Lipinski definition) is 5. The number of nitrogens with zero attached hydrogens (tertiary/aromatic N) is 1. The first-order chi connectivity index (χ1) is 10.2. The fraction of sp³-hybridized carbons (Fsp3) is 0.923. The number of rotatable bonds is 6. The van der Waals surface area contributed by atoms with Crippen molar-refractivity contribution in [1.29, 1.82) is 0 Å². The number of amides is 1. The fourth-order valence-corrected chi connectivity index (χ4v) is 2.58. The number of halogens is 3. The van der Waals surface area contributed by atoms with Crippen LogP contribution in [0.5, 0.6) is 0 Å². The zero-order chi connectivity index (χ0) is 16.9. The minimum Gasteiger partial charge on any atom is -0.395 e. The maximum absolute atomic E-state index is 12.2. The van der Waals surface area contributed by atoms with Crippen molar-refractivity contribution in [2.75, 3.05) is 19.7 Å². The normalized spacial score (nSPS) is 30.3. The highest BCUT2D eigenvalue weighted by Crippen LogP contribution is 2.24. The van der Waals surface area contributed by atoms with Gasteiger partial charge in [-0.05, 0) is 13.0 Å². The van der Waals surface area contributed by atoms with Crippen molar-refractivity contribution < 1.29 is 33.3 Å². The molecule has 0 aromatic carbocycles. The third-order valence-corrected chi connectivity index (χ3v) is 3.82. The molecule has 0 aromatic heterocycles. The Labute approximate surface area is 126 Å². The molecule has 4 unspecified atom stereocenters. The van der Waals surface area contributed by atoms with E-state index in [-0.39, 0.29) is 31.8 Å². The summed E-state index contributed by atoms with van der Waals surface area (Å²) in [5.41, 5.74) is 0. The summed E-state index contributed by atoms with van der Waals surface area (Å²) in [7, 11) is 0. The molecule has 1 heterocycles. The van der Waals surface area contributed by atoms with Crippen molar-refractivity contribution in [1.82, 2.24) is 10.2 Å².